The number of fused-ring (bicyclic) bond motifs is 1. The average Bonchev–Trinajstić information content (AvgIpc) is 2.73. The summed E-state index contributed by atoms with van der Waals surface area (Å²) in [4.78, 5) is 36.4. The minimum Gasteiger partial charge on any atom is -0.481 e. The maximum atomic E-state index is 12.9. The Morgan fingerprint density at radius 1 is 1.23 bits per heavy atom. The number of ether oxygens (including phenoxy) is 1. The summed E-state index contributed by atoms with van der Waals surface area (Å²) in [5.41, 5.74) is 0.535. The minimum atomic E-state index is -1.00. The molecule has 5 atom stereocenters. The van der Waals surface area contributed by atoms with Gasteiger partial charge in [-0.2, -0.15) is 0 Å². The van der Waals surface area contributed by atoms with Crippen LogP contribution in [0.4, 0.5) is 0 Å². The van der Waals surface area contributed by atoms with Crippen LogP contribution in [0.15, 0.2) is 54.6 Å². The number of benzene rings is 1. The van der Waals surface area contributed by atoms with E-state index in [-0.39, 0.29) is 11.8 Å². The van der Waals surface area contributed by atoms with Crippen molar-refractivity contribution in [3.05, 3.63) is 60.2 Å². The lowest BCUT2D eigenvalue weighted by Crippen LogP contribution is -2.59. The van der Waals surface area contributed by atoms with Crippen molar-refractivity contribution in [1.82, 2.24) is 0 Å². The third-order valence-corrected chi connectivity index (χ3v) is 7.61. The number of carbonyl (C=O) groups is 3. The van der Waals surface area contributed by atoms with Crippen LogP contribution in [0.25, 0.3) is 0 Å². The lowest BCUT2D eigenvalue weighted by atomic mass is 9.45. The van der Waals surface area contributed by atoms with E-state index in [0.29, 0.717) is 36.8 Å². The predicted molar refractivity (Wildman–Crippen MR) is 119 cm³/mol. The van der Waals surface area contributed by atoms with Gasteiger partial charge in [-0.1, -0.05) is 50.3 Å². The minimum absolute atomic E-state index is 0.0415. The molecule has 2 saturated carbocycles. The first-order valence-electron chi connectivity index (χ1n) is 10.9. The van der Waals surface area contributed by atoms with Crippen molar-refractivity contribution in [1.29, 1.82) is 0 Å². The van der Waals surface area contributed by atoms with Gasteiger partial charge >= 0.3 is 11.9 Å². The molecule has 0 bridgehead atoms. The van der Waals surface area contributed by atoms with E-state index in [1.807, 2.05) is 6.07 Å². The maximum Gasteiger partial charge on any atom is 0.338 e. The second-order valence-corrected chi connectivity index (χ2v) is 9.60. The zero-order valence-corrected chi connectivity index (χ0v) is 18.4. The SMILES string of the molecule is C=C(C=O)CC[C@@H]1C(=C)C[C@@H](OC(=O)c2ccccc2)[C@@H]2[C@]1(C)CCC[C@@]2(C)C(=O)O. The monoisotopic (exact) mass is 424 g/mol. The van der Waals surface area contributed by atoms with Gasteiger partial charge in [0.2, 0.25) is 0 Å². The highest BCUT2D eigenvalue weighted by Gasteiger charge is 2.61. The van der Waals surface area contributed by atoms with Crippen molar-refractivity contribution in [3.8, 4) is 0 Å². The third-order valence-electron chi connectivity index (χ3n) is 7.61. The summed E-state index contributed by atoms with van der Waals surface area (Å²) in [6, 6.07) is 8.78. The fraction of sp³-hybridized carbons (Fsp3) is 0.500. The van der Waals surface area contributed by atoms with Gasteiger partial charge in [0, 0.05) is 12.3 Å². The quantitative estimate of drug-likeness (QED) is 0.281. The van der Waals surface area contributed by atoms with Gasteiger partial charge in [-0.25, -0.2) is 4.79 Å². The molecule has 0 aromatic heterocycles. The first-order valence-corrected chi connectivity index (χ1v) is 10.9. The van der Waals surface area contributed by atoms with E-state index in [1.165, 1.54) is 0 Å². The molecule has 1 aromatic rings. The van der Waals surface area contributed by atoms with Crippen LogP contribution in [0.3, 0.4) is 0 Å². The fourth-order valence-corrected chi connectivity index (χ4v) is 6.14. The largest absolute Gasteiger partial charge is 0.481 e. The predicted octanol–water partition coefficient (Wildman–Crippen LogP) is 5.22. The fourth-order valence-electron chi connectivity index (χ4n) is 6.14. The first-order chi connectivity index (χ1) is 14.6. The van der Waals surface area contributed by atoms with Gasteiger partial charge < -0.3 is 9.84 Å². The van der Waals surface area contributed by atoms with Gasteiger partial charge in [0.05, 0.1) is 11.0 Å². The molecule has 0 heterocycles. The molecule has 3 rings (SSSR count). The van der Waals surface area contributed by atoms with Crippen molar-refractivity contribution in [3.63, 3.8) is 0 Å². The number of allylic oxidation sites excluding steroid dienone is 1. The molecule has 2 aliphatic rings. The van der Waals surface area contributed by atoms with Crippen molar-refractivity contribution >= 4 is 18.2 Å². The Labute approximate surface area is 184 Å². The van der Waals surface area contributed by atoms with Crippen LogP contribution in [-0.4, -0.2) is 29.4 Å². The van der Waals surface area contributed by atoms with E-state index in [2.05, 4.69) is 20.1 Å². The highest BCUT2D eigenvalue weighted by Crippen LogP contribution is 2.62. The standard InChI is InChI=1S/C26H32O5/c1-17(16-27)11-12-20-18(2)15-21(31-23(28)19-9-6-5-7-10-19)22-25(20,3)13-8-14-26(22,4)24(29)30/h5-7,9-10,16,20-22H,1-2,8,11-15H2,3-4H3,(H,29,30)/t20-,21-,22-,25-,26-/m1/s1. The van der Waals surface area contributed by atoms with Gasteiger partial charge in [-0.05, 0) is 61.6 Å². The second-order valence-electron chi connectivity index (χ2n) is 9.60. The van der Waals surface area contributed by atoms with E-state index >= 15 is 0 Å². The molecule has 0 aliphatic heterocycles. The normalized spacial score (nSPS) is 32.6. The highest BCUT2D eigenvalue weighted by molar-refractivity contribution is 5.89. The summed E-state index contributed by atoms with van der Waals surface area (Å²) in [6.45, 7) is 12.0. The topological polar surface area (TPSA) is 80.7 Å². The number of aldehydes is 1. The summed E-state index contributed by atoms with van der Waals surface area (Å²) >= 11 is 0. The van der Waals surface area contributed by atoms with Crippen molar-refractivity contribution < 1.29 is 24.2 Å². The Hall–Kier alpha value is -2.69. The van der Waals surface area contributed by atoms with Crippen molar-refractivity contribution in [2.45, 2.75) is 58.5 Å². The lowest BCUT2D eigenvalue weighted by molar-refractivity contribution is -0.177. The van der Waals surface area contributed by atoms with Crippen LogP contribution in [0.2, 0.25) is 0 Å². The number of hydrogen-bond acceptors (Lipinski definition) is 4. The number of carboxylic acids is 1. The van der Waals surface area contributed by atoms with E-state index in [9.17, 15) is 19.5 Å². The molecule has 0 saturated heterocycles. The summed E-state index contributed by atoms with van der Waals surface area (Å²) < 4.78 is 5.99. The molecular weight excluding hydrogens is 392 g/mol. The molecule has 0 amide bonds. The number of carboxylic acid groups (broad SMARTS) is 1. The van der Waals surface area contributed by atoms with Crippen LogP contribution in [0.5, 0.6) is 0 Å². The number of esters is 1. The zero-order valence-electron chi connectivity index (χ0n) is 18.4. The van der Waals surface area contributed by atoms with Crippen LogP contribution in [-0.2, 0) is 14.3 Å². The van der Waals surface area contributed by atoms with Gasteiger partial charge in [0.25, 0.3) is 0 Å². The molecule has 2 aliphatic carbocycles. The van der Waals surface area contributed by atoms with Gasteiger partial charge in [-0.3, -0.25) is 9.59 Å². The Morgan fingerprint density at radius 2 is 1.90 bits per heavy atom. The van der Waals surface area contributed by atoms with Crippen LogP contribution in [0.1, 0.15) is 62.7 Å². The van der Waals surface area contributed by atoms with E-state index in [1.54, 1.807) is 31.2 Å². The van der Waals surface area contributed by atoms with Gasteiger partial charge in [-0.15, -0.1) is 0 Å². The lowest BCUT2D eigenvalue weighted by Gasteiger charge is -2.59. The van der Waals surface area contributed by atoms with Crippen LogP contribution >= 0.6 is 0 Å². The zero-order chi connectivity index (χ0) is 22.8. The Bertz CT molecular complexity index is 888. The van der Waals surface area contributed by atoms with Gasteiger partial charge in [0.15, 0.2) is 0 Å². The van der Waals surface area contributed by atoms with Crippen molar-refractivity contribution in [2.75, 3.05) is 0 Å². The molecule has 166 valence electrons. The number of rotatable bonds is 7. The molecule has 2 fully saturated rings. The molecule has 31 heavy (non-hydrogen) atoms. The van der Waals surface area contributed by atoms with Crippen molar-refractivity contribution in [2.24, 2.45) is 22.7 Å². The molecule has 5 nitrogen and oxygen atoms in total. The molecule has 1 aromatic carbocycles. The smallest absolute Gasteiger partial charge is 0.338 e. The van der Waals surface area contributed by atoms with E-state index in [4.69, 9.17) is 4.74 Å². The summed E-state index contributed by atoms with van der Waals surface area (Å²) in [5.74, 6) is -1.60. The number of carbonyl (C=O) groups excluding carboxylic acids is 2. The number of aliphatic carboxylic acids is 1. The Balaban J connectivity index is 1.98. The van der Waals surface area contributed by atoms with E-state index in [0.717, 1.165) is 24.7 Å². The van der Waals surface area contributed by atoms with Gasteiger partial charge in [0.1, 0.15) is 12.4 Å². The first kappa shape index (κ1) is 23.0. The highest BCUT2D eigenvalue weighted by atomic mass is 16.5. The molecule has 1 N–H and O–H groups in total. The molecule has 5 heteroatoms. The van der Waals surface area contributed by atoms with Crippen LogP contribution < -0.4 is 0 Å². The summed E-state index contributed by atoms with van der Waals surface area (Å²) in [7, 11) is 0. The molecule has 0 unspecified atom stereocenters. The maximum absolute atomic E-state index is 12.9. The molecule has 0 radical (unpaired) electrons. The Kier molecular flexibility index (Phi) is 6.54. The number of hydrogen-bond donors (Lipinski definition) is 1. The second kappa shape index (κ2) is 8.81. The summed E-state index contributed by atoms with van der Waals surface area (Å²) in [5, 5.41) is 10.2. The molecule has 0 spiro atoms. The summed E-state index contributed by atoms with van der Waals surface area (Å²) in [6.07, 6.45) is 4.05. The Morgan fingerprint density at radius 3 is 2.52 bits per heavy atom. The van der Waals surface area contributed by atoms with Crippen LogP contribution in [0, 0.1) is 22.7 Å². The molecular formula is C26H32O5. The average molecular weight is 425 g/mol. The third kappa shape index (κ3) is 4.23. The van der Waals surface area contributed by atoms with E-state index < -0.39 is 28.9 Å².